The predicted octanol–water partition coefficient (Wildman–Crippen LogP) is 6.11. The molecule has 0 aliphatic carbocycles. The van der Waals surface area contributed by atoms with Gasteiger partial charge in [-0.2, -0.15) is 0 Å². The Kier molecular flexibility index (Phi) is 12.0. The Labute approximate surface area is 116 Å². The number of ether oxygens (including phenoxy) is 1. The molecule has 0 saturated heterocycles. The maximum absolute atomic E-state index is 6.22. The highest BCUT2D eigenvalue weighted by molar-refractivity contribution is 4.75. The minimum atomic E-state index is 0.151. The van der Waals surface area contributed by atoms with E-state index < -0.39 is 0 Å². The third-order valence-corrected chi connectivity index (χ3v) is 3.82. The molecule has 0 aliphatic rings. The van der Waals surface area contributed by atoms with Crippen LogP contribution >= 0.6 is 0 Å². The summed E-state index contributed by atoms with van der Waals surface area (Å²) in [6.45, 7) is 10.1. The van der Waals surface area contributed by atoms with Crippen LogP contribution in [0.15, 0.2) is 0 Å². The van der Waals surface area contributed by atoms with Crippen LogP contribution in [0.1, 0.15) is 98.3 Å². The van der Waals surface area contributed by atoms with Gasteiger partial charge >= 0.3 is 0 Å². The van der Waals surface area contributed by atoms with E-state index in [1.807, 2.05) is 0 Å². The van der Waals surface area contributed by atoms with Gasteiger partial charge in [0.05, 0.1) is 5.60 Å². The summed E-state index contributed by atoms with van der Waals surface area (Å²) in [5.74, 6) is 0. The van der Waals surface area contributed by atoms with Gasteiger partial charge in [0.15, 0.2) is 0 Å². The number of unbranched alkanes of at least 4 members (excludes halogenated alkanes) is 6. The van der Waals surface area contributed by atoms with E-state index >= 15 is 0 Å². The first-order chi connectivity index (χ1) is 8.68. The summed E-state index contributed by atoms with van der Waals surface area (Å²) in [5, 5.41) is 0. The van der Waals surface area contributed by atoms with Crippen LogP contribution in [0.25, 0.3) is 0 Å². The van der Waals surface area contributed by atoms with Crippen LogP contribution in [0.4, 0.5) is 0 Å². The molecular weight excluding hydrogens is 220 g/mol. The van der Waals surface area contributed by atoms with Gasteiger partial charge in [-0.15, -0.1) is 0 Å². The summed E-state index contributed by atoms with van der Waals surface area (Å²) in [6, 6.07) is 0. The molecule has 0 N–H and O–H groups in total. The molecule has 110 valence electrons. The van der Waals surface area contributed by atoms with Crippen molar-refractivity contribution in [2.75, 3.05) is 6.61 Å². The molecule has 0 aromatic heterocycles. The van der Waals surface area contributed by atoms with Crippen molar-refractivity contribution in [2.24, 2.45) is 0 Å². The zero-order valence-electron chi connectivity index (χ0n) is 13.4. The molecule has 1 nitrogen and oxygen atoms in total. The van der Waals surface area contributed by atoms with E-state index in [1.165, 1.54) is 70.6 Å². The maximum atomic E-state index is 6.22. The van der Waals surface area contributed by atoms with Crippen LogP contribution in [0, 0.1) is 0 Å². The lowest BCUT2D eigenvalue weighted by Gasteiger charge is -2.30. The van der Waals surface area contributed by atoms with Crippen molar-refractivity contribution in [2.45, 2.75) is 104 Å². The second-order valence-corrected chi connectivity index (χ2v) is 5.92. The first-order valence-corrected chi connectivity index (χ1v) is 8.32. The third-order valence-electron chi connectivity index (χ3n) is 3.82. The summed E-state index contributed by atoms with van der Waals surface area (Å²) in [6.07, 6.45) is 14.3. The molecule has 0 spiro atoms. The van der Waals surface area contributed by atoms with Gasteiger partial charge in [-0.1, -0.05) is 72.1 Å². The summed E-state index contributed by atoms with van der Waals surface area (Å²) < 4.78 is 6.22. The van der Waals surface area contributed by atoms with Crippen molar-refractivity contribution < 1.29 is 4.74 Å². The number of hydrogen-bond donors (Lipinski definition) is 0. The lowest BCUT2D eigenvalue weighted by molar-refractivity contribution is -0.0480. The molecule has 0 saturated carbocycles. The average molecular weight is 256 g/mol. The van der Waals surface area contributed by atoms with Crippen molar-refractivity contribution in [1.82, 2.24) is 0 Å². The monoisotopic (exact) mass is 256 g/mol. The minimum Gasteiger partial charge on any atom is -0.375 e. The molecule has 0 radical (unpaired) electrons. The molecule has 0 aliphatic heterocycles. The smallest absolute Gasteiger partial charge is 0.0654 e. The van der Waals surface area contributed by atoms with E-state index in [4.69, 9.17) is 4.74 Å². The van der Waals surface area contributed by atoms with Gasteiger partial charge in [0.2, 0.25) is 0 Å². The van der Waals surface area contributed by atoms with Crippen molar-refractivity contribution >= 4 is 0 Å². The van der Waals surface area contributed by atoms with Crippen LogP contribution in [-0.2, 0) is 4.74 Å². The predicted molar refractivity (Wildman–Crippen MR) is 82.2 cm³/mol. The molecule has 0 bridgehead atoms. The fraction of sp³-hybridized carbons (Fsp3) is 1.00. The SMILES string of the molecule is CCCCCOC(C)(CCCCC)CCCCC. The Morgan fingerprint density at radius 3 is 1.56 bits per heavy atom. The van der Waals surface area contributed by atoms with E-state index in [0.717, 1.165) is 6.61 Å². The molecule has 0 rings (SSSR count). The summed E-state index contributed by atoms with van der Waals surface area (Å²) in [5.41, 5.74) is 0.151. The van der Waals surface area contributed by atoms with Gasteiger partial charge in [-0.25, -0.2) is 0 Å². The van der Waals surface area contributed by atoms with Gasteiger partial charge < -0.3 is 4.74 Å². The van der Waals surface area contributed by atoms with Gasteiger partial charge in [0, 0.05) is 6.61 Å². The normalized spacial score (nSPS) is 12.0. The molecule has 0 heterocycles. The van der Waals surface area contributed by atoms with Crippen molar-refractivity contribution in [3.63, 3.8) is 0 Å². The number of rotatable bonds is 13. The molecule has 0 aromatic rings. The number of hydrogen-bond acceptors (Lipinski definition) is 1. The topological polar surface area (TPSA) is 9.23 Å². The fourth-order valence-corrected chi connectivity index (χ4v) is 2.44. The van der Waals surface area contributed by atoms with E-state index in [2.05, 4.69) is 27.7 Å². The van der Waals surface area contributed by atoms with Gasteiger partial charge in [-0.3, -0.25) is 0 Å². The highest BCUT2D eigenvalue weighted by Crippen LogP contribution is 2.26. The average Bonchev–Trinajstić information content (AvgIpc) is 2.36. The Balaban J connectivity index is 3.95. The maximum Gasteiger partial charge on any atom is 0.0654 e. The first kappa shape index (κ1) is 18.0. The molecule has 18 heavy (non-hydrogen) atoms. The molecule has 0 fully saturated rings. The summed E-state index contributed by atoms with van der Waals surface area (Å²) >= 11 is 0. The van der Waals surface area contributed by atoms with Crippen molar-refractivity contribution in [3.8, 4) is 0 Å². The Bertz CT molecular complexity index is 155. The van der Waals surface area contributed by atoms with E-state index in [0.29, 0.717) is 0 Å². The zero-order chi connectivity index (χ0) is 13.7. The molecule has 1 heteroatoms. The van der Waals surface area contributed by atoms with E-state index in [9.17, 15) is 0 Å². The van der Waals surface area contributed by atoms with E-state index in [1.54, 1.807) is 0 Å². The lowest BCUT2D eigenvalue weighted by atomic mass is 9.91. The van der Waals surface area contributed by atoms with Crippen LogP contribution in [0.3, 0.4) is 0 Å². The first-order valence-electron chi connectivity index (χ1n) is 8.32. The highest BCUT2D eigenvalue weighted by atomic mass is 16.5. The minimum absolute atomic E-state index is 0.151. The molecule has 0 atom stereocenters. The summed E-state index contributed by atoms with van der Waals surface area (Å²) in [4.78, 5) is 0. The Hall–Kier alpha value is -0.0400. The Morgan fingerprint density at radius 2 is 1.11 bits per heavy atom. The van der Waals surface area contributed by atoms with Gasteiger partial charge in [-0.05, 0) is 26.2 Å². The van der Waals surface area contributed by atoms with Crippen LogP contribution in [0.5, 0.6) is 0 Å². The molecule has 0 amide bonds. The van der Waals surface area contributed by atoms with Crippen molar-refractivity contribution in [3.05, 3.63) is 0 Å². The second kappa shape index (κ2) is 12.0. The van der Waals surface area contributed by atoms with E-state index in [-0.39, 0.29) is 5.60 Å². The van der Waals surface area contributed by atoms with Crippen LogP contribution in [-0.4, -0.2) is 12.2 Å². The molecule has 0 aromatic carbocycles. The van der Waals surface area contributed by atoms with Crippen molar-refractivity contribution in [1.29, 1.82) is 0 Å². The molecule has 0 unspecified atom stereocenters. The fourth-order valence-electron chi connectivity index (χ4n) is 2.44. The third kappa shape index (κ3) is 9.94. The van der Waals surface area contributed by atoms with Crippen LogP contribution < -0.4 is 0 Å². The quantitative estimate of drug-likeness (QED) is 0.361. The standard InChI is InChI=1S/C17H36O/c1-5-8-11-14-17(4,15-12-9-6-2)18-16-13-10-7-3/h5-16H2,1-4H3. The highest BCUT2D eigenvalue weighted by Gasteiger charge is 2.23. The lowest BCUT2D eigenvalue weighted by Crippen LogP contribution is -2.29. The summed E-state index contributed by atoms with van der Waals surface area (Å²) in [7, 11) is 0. The van der Waals surface area contributed by atoms with Gasteiger partial charge in [0.25, 0.3) is 0 Å². The molecular formula is C17H36O. The zero-order valence-corrected chi connectivity index (χ0v) is 13.4. The second-order valence-electron chi connectivity index (χ2n) is 5.92. The Morgan fingerprint density at radius 1 is 0.667 bits per heavy atom. The largest absolute Gasteiger partial charge is 0.375 e. The van der Waals surface area contributed by atoms with Crippen LogP contribution in [0.2, 0.25) is 0 Å². The van der Waals surface area contributed by atoms with Gasteiger partial charge in [0.1, 0.15) is 0 Å².